The summed E-state index contributed by atoms with van der Waals surface area (Å²) in [5, 5.41) is 0. The van der Waals surface area contributed by atoms with Crippen LogP contribution in [0.15, 0.2) is 0 Å². The van der Waals surface area contributed by atoms with Crippen LogP contribution < -0.4 is 0 Å². The van der Waals surface area contributed by atoms with E-state index in [1.54, 1.807) is 0 Å². The number of unbranched alkanes of at least 4 members (excludes halogenated alkanes) is 25. The molecular weight excluding hydrogens is 496 g/mol. The summed E-state index contributed by atoms with van der Waals surface area (Å²) in [4.78, 5) is 23.6. The van der Waals surface area contributed by atoms with Gasteiger partial charge in [0.2, 0.25) is 0 Å². The van der Waals surface area contributed by atoms with Crippen LogP contribution in [0.5, 0.6) is 0 Å². The molecule has 0 N–H and O–H groups in total. The Balaban J connectivity index is 3.18. The fourth-order valence-electron chi connectivity index (χ4n) is 5.29. The van der Waals surface area contributed by atoms with Crippen molar-refractivity contribution in [2.75, 3.05) is 13.2 Å². The highest BCUT2D eigenvalue weighted by molar-refractivity contribution is 5.69. The third-order valence-electron chi connectivity index (χ3n) is 8.03. The molecule has 4 heteroatoms. The quantitative estimate of drug-likeness (QED) is 0.0585. The van der Waals surface area contributed by atoms with Crippen LogP contribution in [-0.4, -0.2) is 25.2 Å². The van der Waals surface area contributed by atoms with E-state index in [2.05, 4.69) is 13.8 Å². The van der Waals surface area contributed by atoms with Crippen LogP contribution in [-0.2, 0) is 19.1 Å². The molecule has 238 valence electrons. The van der Waals surface area contributed by atoms with Gasteiger partial charge in [0.25, 0.3) is 0 Å². The van der Waals surface area contributed by atoms with Gasteiger partial charge in [0.05, 0.1) is 13.2 Å². The topological polar surface area (TPSA) is 52.6 Å². The van der Waals surface area contributed by atoms with Crippen LogP contribution in [0, 0.1) is 0 Å². The Hall–Kier alpha value is -1.06. The Morgan fingerprint density at radius 3 is 0.825 bits per heavy atom. The summed E-state index contributed by atoms with van der Waals surface area (Å²) in [6.45, 7) is 5.70. The second-order valence-corrected chi connectivity index (χ2v) is 12.1. The van der Waals surface area contributed by atoms with Crippen molar-refractivity contribution in [3.8, 4) is 0 Å². The van der Waals surface area contributed by atoms with Crippen molar-refractivity contribution in [2.24, 2.45) is 0 Å². The van der Waals surface area contributed by atoms with Crippen molar-refractivity contribution in [2.45, 2.75) is 206 Å². The summed E-state index contributed by atoms with van der Waals surface area (Å²) >= 11 is 0. The van der Waals surface area contributed by atoms with E-state index in [0.29, 0.717) is 26.1 Å². The van der Waals surface area contributed by atoms with Crippen LogP contribution in [0.25, 0.3) is 0 Å². The SMILES string of the molecule is CCCCCCCCCC(=O)OCCCCCCCCCCCCCCCCOC(=O)CCCCCCCCC. The van der Waals surface area contributed by atoms with Crippen LogP contribution in [0.1, 0.15) is 206 Å². The number of hydrogen-bond donors (Lipinski definition) is 0. The first-order valence-corrected chi connectivity index (χ1v) is 18.0. The third-order valence-corrected chi connectivity index (χ3v) is 8.03. The molecule has 0 spiro atoms. The van der Waals surface area contributed by atoms with E-state index in [0.717, 1.165) is 38.5 Å². The number of esters is 2. The average molecular weight is 567 g/mol. The van der Waals surface area contributed by atoms with E-state index in [1.165, 1.54) is 141 Å². The van der Waals surface area contributed by atoms with Gasteiger partial charge < -0.3 is 9.47 Å². The van der Waals surface area contributed by atoms with E-state index < -0.39 is 0 Å². The van der Waals surface area contributed by atoms with Gasteiger partial charge in [-0.1, -0.05) is 168 Å². The van der Waals surface area contributed by atoms with Gasteiger partial charge in [-0.05, 0) is 25.7 Å². The molecular formula is C36H70O4. The van der Waals surface area contributed by atoms with Crippen LogP contribution in [0.3, 0.4) is 0 Å². The number of ether oxygens (including phenoxy) is 2. The summed E-state index contributed by atoms with van der Waals surface area (Å²) in [5.74, 6) is 0.00631. The molecule has 0 saturated carbocycles. The van der Waals surface area contributed by atoms with Gasteiger partial charge in [0, 0.05) is 12.8 Å². The molecule has 0 radical (unpaired) electrons. The number of rotatable bonds is 33. The van der Waals surface area contributed by atoms with Crippen molar-refractivity contribution >= 4 is 11.9 Å². The van der Waals surface area contributed by atoms with Gasteiger partial charge in [-0.3, -0.25) is 9.59 Å². The standard InChI is InChI=1S/C36H70O4/c1-3-5-7-9-19-23-27-31-35(37)39-33-29-25-21-17-15-13-11-12-14-16-18-22-26-30-34-40-36(38)32-28-24-20-10-8-6-4-2/h3-34H2,1-2H3. The lowest BCUT2D eigenvalue weighted by molar-refractivity contribution is -0.144. The molecule has 0 unspecified atom stereocenters. The number of hydrogen-bond acceptors (Lipinski definition) is 4. The predicted octanol–water partition coefficient (Wildman–Crippen LogP) is 11.8. The highest BCUT2D eigenvalue weighted by Crippen LogP contribution is 2.14. The monoisotopic (exact) mass is 567 g/mol. The zero-order valence-electron chi connectivity index (χ0n) is 27.3. The highest BCUT2D eigenvalue weighted by atomic mass is 16.5. The van der Waals surface area contributed by atoms with Gasteiger partial charge in [-0.2, -0.15) is 0 Å². The summed E-state index contributed by atoms with van der Waals surface area (Å²) in [6, 6.07) is 0. The van der Waals surface area contributed by atoms with Crippen LogP contribution in [0.4, 0.5) is 0 Å². The van der Waals surface area contributed by atoms with Gasteiger partial charge in [0.15, 0.2) is 0 Å². The van der Waals surface area contributed by atoms with E-state index in [-0.39, 0.29) is 11.9 Å². The molecule has 0 fully saturated rings. The minimum Gasteiger partial charge on any atom is -0.466 e. The highest BCUT2D eigenvalue weighted by Gasteiger charge is 2.04. The fourth-order valence-corrected chi connectivity index (χ4v) is 5.29. The lowest BCUT2D eigenvalue weighted by Crippen LogP contribution is -2.05. The first kappa shape index (κ1) is 38.9. The zero-order chi connectivity index (χ0) is 29.2. The first-order valence-electron chi connectivity index (χ1n) is 18.0. The molecule has 0 rings (SSSR count). The Bertz CT molecular complexity index is 473. The molecule has 0 aliphatic carbocycles. The van der Waals surface area contributed by atoms with Crippen LogP contribution >= 0.6 is 0 Å². The second kappa shape index (κ2) is 34.1. The Kier molecular flexibility index (Phi) is 33.2. The normalized spacial score (nSPS) is 11.2. The molecule has 0 aliphatic heterocycles. The zero-order valence-corrected chi connectivity index (χ0v) is 27.3. The maximum Gasteiger partial charge on any atom is 0.305 e. The fraction of sp³-hybridized carbons (Fsp3) is 0.944. The largest absolute Gasteiger partial charge is 0.466 e. The Labute approximate surface area is 250 Å². The summed E-state index contributed by atoms with van der Waals surface area (Å²) < 4.78 is 10.8. The Morgan fingerprint density at radius 2 is 0.550 bits per heavy atom. The van der Waals surface area contributed by atoms with E-state index in [4.69, 9.17) is 9.47 Å². The molecule has 0 heterocycles. The maximum absolute atomic E-state index is 11.8. The lowest BCUT2D eigenvalue weighted by atomic mass is 10.0. The van der Waals surface area contributed by atoms with Crippen molar-refractivity contribution in [3.63, 3.8) is 0 Å². The minimum absolute atomic E-state index is 0.00316. The van der Waals surface area contributed by atoms with Crippen molar-refractivity contribution in [1.82, 2.24) is 0 Å². The number of carbonyl (C=O) groups is 2. The summed E-state index contributed by atoms with van der Waals surface area (Å²) in [6.07, 6.45) is 36.3. The van der Waals surface area contributed by atoms with Gasteiger partial charge in [-0.25, -0.2) is 0 Å². The summed E-state index contributed by atoms with van der Waals surface area (Å²) in [5.41, 5.74) is 0. The smallest absolute Gasteiger partial charge is 0.305 e. The van der Waals surface area contributed by atoms with Gasteiger partial charge in [0.1, 0.15) is 0 Å². The number of carbonyl (C=O) groups excluding carboxylic acids is 2. The van der Waals surface area contributed by atoms with Gasteiger partial charge in [-0.15, -0.1) is 0 Å². The molecule has 40 heavy (non-hydrogen) atoms. The average Bonchev–Trinajstić information content (AvgIpc) is 2.95. The predicted molar refractivity (Wildman–Crippen MR) is 172 cm³/mol. The minimum atomic E-state index is 0.00316. The molecule has 0 aromatic rings. The second-order valence-electron chi connectivity index (χ2n) is 12.1. The molecule has 0 aromatic carbocycles. The summed E-state index contributed by atoms with van der Waals surface area (Å²) in [7, 11) is 0. The lowest BCUT2D eigenvalue weighted by Gasteiger charge is -2.06. The van der Waals surface area contributed by atoms with Crippen LogP contribution in [0.2, 0.25) is 0 Å². The van der Waals surface area contributed by atoms with Gasteiger partial charge >= 0.3 is 11.9 Å². The third kappa shape index (κ3) is 33.1. The Morgan fingerprint density at radius 1 is 0.325 bits per heavy atom. The van der Waals surface area contributed by atoms with E-state index in [1.807, 2.05) is 0 Å². The molecule has 0 amide bonds. The maximum atomic E-state index is 11.8. The molecule has 0 saturated heterocycles. The van der Waals surface area contributed by atoms with Crippen molar-refractivity contribution in [1.29, 1.82) is 0 Å². The van der Waals surface area contributed by atoms with Crippen molar-refractivity contribution < 1.29 is 19.1 Å². The molecule has 0 bridgehead atoms. The molecule has 0 aromatic heterocycles. The van der Waals surface area contributed by atoms with Crippen molar-refractivity contribution in [3.05, 3.63) is 0 Å². The van der Waals surface area contributed by atoms with E-state index >= 15 is 0 Å². The molecule has 0 atom stereocenters. The van der Waals surface area contributed by atoms with E-state index in [9.17, 15) is 9.59 Å². The first-order chi connectivity index (χ1) is 19.7. The molecule has 4 nitrogen and oxygen atoms in total. The molecule has 0 aliphatic rings.